The standard InChI is InChI=1S/C15H19N3/c1-4-12-7-6-8-13(10-12)14-9-11(3)17-15(18-14)16-5-2/h6-10H,4-5H2,1-3H3,(H,16,17,18). The van der Waals surface area contributed by atoms with E-state index >= 15 is 0 Å². The third-order valence-electron chi connectivity index (χ3n) is 2.82. The molecule has 2 rings (SSSR count). The smallest absolute Gasteiger partial charge is 0.223 e. The van der Waals surface area contributed by atoms with Crippen LogP contribution in [-0.2, 0) is 6.42 Å². The first-order valence-corrected chi connectivity index (χ1v) is 6.41. The van der Waals surface area contributed by atoms with Gasteiger partial charge >= 0.3 is 0 Å². The number of nitrogens with zero attached hydrogens (tertiary/aromatic N) is 2. The second kappa shape index (κ2) is 5.63. The Morgan fingerprint density at radius 3 is 2.67 bits per heavy atom. The van der Waals surface area contributed by atoms with Gasteiger partial charge in [0.25, 0.3) is 0 Å². The summed E-state index contributed by atoms with van der Waals surface area (Å²) in [6.45, 7) is 7.03. The van der Waals surface area contributed by atoms with Crippen LogP contribution in [-0.4, -0.2) is 16.5 Å². The summed E-state index contributed by atoms with van der Waals surface area (Å²) in [7, 11) is 0. The minimum absolute atomic E-state index is 0.703. The van der Waals surface area contributed by atoms with Gasteiger partial charge in [0.15, 0.2) is 0 Å². The lowest BCUT2D eigenvalue weighted by molar-refractivity contribution is 1.05. The molecule has 0 radical (unpaired) electrons. The Labute approximate surface area is 108 Å². The van der Waals surface area contributed by atoms with Gasteiger partial charge in [0.1, 0.15) is 0 Å². The van der Waals surface area contributed by atoms with Gasteiger partial charge in [-0.2, -0.15) is 0 Å². The zero-order chi connectivity index (χ0) is 13.0. The van der Waals surface area contributed by atoms with Crippen molar-refractivity contribution < 1.29 is 0 Å². The first-order valence-electron chi connectivity index (χ1n) is 6.41. The van der Waals surface area contributed by atoms with Gasteiger partial charge in [0, 0.05) is 17.8 Å². The predicted octanol–water partition coefficient (Wildman–Crippen LogP) is 3.45. The molecule has 0 bridgehead atoms. The fourth-order valence-electron chi connectivity index (χ4n) is 1.90. The van der Waals surface area contributed by atoms with Crippen molar-refractivity contribution in [1.82, 2.24) is 9.97 Å². The van der Waals surface area contributed by atoms with Crippen LogP contribution in [0.3, 0.4) is 0 Å². The van der Waals surface area contributed by atoms with Crippen molar-refractivity contribution in [1.29, 1.82) is 0 Å². The summed E-state index contributed by atoms with van der Waals surface area (Å²) in [6, 6.07) is 10.5. The molecule has 0 amide bonds. The number of benzene rings is 1. The summed E-state index contributed by atoms with van der Waals surface area (Å²) < 4.78 is 0. The molecular weight excluding hydrogens is 222 g/mol. The number of anilines is 1. The quantitative estimate of drug-likeness (QED) is 0.891. The molecule has 0 fully saturated rings. The molecule has 1 aromatic carbocycles. The first kappa shape index (κ1) is 12.6. The number of aromatic nitrogens is 2. The van der Waals surface area contributed by atoms with Gasteiger partial charge in [-0.3, -0.25) is 0 Å². The Kier molecular flexibility index (Phi) is 3.92. The highest BCUT2D eigenvalue weighted by molar-refractivity contribution is 5.61. The fraction of sp³-hybridized carbons (Fsp3) is 0.333. The average Bonchev–Trinajstić information content (AvgIpc) is 2.38. The highest BCUT2D eigenvalue weighted by Gasteiger charge is 2.04. The lowest BCUT2D eigenvalue weighted by atomic mass is 10.1. The lowest BCUT2D eigenvalue weighted by Crippen LogP contribution is -2.03. The van der Waals surface area contributed by atoms with Gasteiger partial charge in [-0.1, -0.05) is 25.1 Å². The molecule has 1 heterocycles. The summed E-state index contributed by atoms with van der Waals surface area (Å²) in [6.07, 6.45) is 1.04. The van der Waals surface area contributed by atoms with Crippen LogP contribution >= 0.6 is 0 Å². The highest BCUT2D eigenvalue weighted by atomic mass is 15.1. The van der Waals surface area contributed by atoms with Crippen LogP contribution in [0.25, 0.3) is 11.3 Å². The highest BCUT2D eigenvalue weighted by Crippen LogP contribution is 2.20. The van der Waals surface area contributed by atoms with Crippen molar-refractivity contribution in [2.45, 2.75) is 27.2 Å². The van der Waals surface area contributed by atoms with E-state index in [-0.39, 0.29) is 0 Å². The van der Waals surface area contributed by atoms with Crippen molar-refractivity contribution in [3.8, 4) is 11.3 Å². The van der Waals surface area contributed by atoms with Gasteiger partial charge in [0.05, 0.1) is 5.69 Å². The molecule has 0 aliphatic rings. The van der Waals surface area contributed by atoms with Crippen LogP contribution in [0, 0.1) is 6.92 Å². The molecule has 1 aromatic heterocycles. The van der Waals surface area contributed by atoms with E-state index < -0.39 is 0 Å². The van der Waals surface area contributed by atoms with E-state index in [2.05, 4.69) is 46.5 Å². The van der Waals surface area contributed by atoms with E-state index in [1.807, 2.05) is 19.9 Å². The molecule has 2 aromatic rings. The Balaban J connectivity index is 2.42. The molecule has 0 unspecified atom stereocenters. The van der Waals surface area contributed by atoms with Crippen molar-refractivity contribution in [2.75, 3.05) is 11.9 Å². The lowest BCUT2D eigenvalue weighted by Gasteiger charge is -2.07. The molecule has 3 heteroatoms. The molecule has 0 spiro atoms. The summed E-state index contributed by atoms with van der Waals surface area (Å²) >= 11 is 0. The Morgan fingerprint density at radius 2 is 1.94 bits per heavy atom. The number of rotatable bonds is 4. The maximum absolute atomic E-state index is 4.55. The molecule has 18 heavy (non-hydrogen) atoms. The summed E-state index contributed by atoms with van der Waals surface area (Å²) in [4.78, 5) is 8.92. The van der Waals surface area contributed by atoms with Crippen molar-refractivity contribution in [3.05, 3.63) is 41.6 Å². The average molecular weight is 241 g/mol. The largest absolute Gasteiger partial charge is 0.354 e. The predicted molar refractivity (Wildman–Crippen MR) is 75.7 cm³/mol. The van der Waals surface area contributed by atoms with Crippen LogP contribution in [0.4, 0.5) is 5.95 Å². The van der Waals surface area contributed by atoms with Gasteiger partial charge < -0.3 is 5.32 Å². The maximum atomic E-state index is 4.55. The second-order valence-corrected chi connectivity index (χ2v) is 4.30. The summed E-state index contributed by atoms with van der Waals surface area (Å²) in [5, 5.41) is 3.16. The molecular formula is C15H19N3. The van der Waals surface area contributed by atoms with Gasteiger partial charge in [-0.25, -0.2) is 9.97 Å². The topological polar surface area (TPSA) is 37.8 Å². The third-order valence-corrected chi connectivity index (χ3v) is 2.82. The summed E-state index contributed by atoms with van der Waals surface area (Å²) in [5.41, 5.74) is 4.44. The molecule has 0 aliphatic carbocycles. The SMILES string of the molecule is CCNc1nc(C)cc(-c2cccc(CC)c2)n1. The van der Waals surface area contributed by atoms with E-state index in [9.17, 15) is 0 Å². The van der Waals surface area contributed by atoms with Crippen LogP contribution in [0.5, 0.6) is 0 Å². The van der Waals surface area contributed by atoms with E-state index in [0.29, 0.717) is 5.95 Å². The number of nitrogens with one attached hydrogen (secondary N) is 1. The molecule has 1 N–H and O–H groups in total. The Hall–Kier alpha value is -1.90. The second-order valence-electron chi connectivity index (χ2n) is 4.30. The van der Waals surface area contributed by atoms with Gasteiger partial charge in [-0.05, 0) is 38.0 Å². The number of aryl methyl sites for hydroxylation is 2. The van der Waals surface area contributed by atoms with Crippen LogP contribution in [0.2, 0.25) is 0 Å². The molecule has 0 saturated carbocycles. The van der Waals surface area contributed by atoms with Crippen molar-refractivity contribution >= 4 is 5.95 Å². The fourth-order valence-corrected chi connectivity index (χ4v) is 1.90. The summed E-state index contributed by atoms with van der Waals surface area (Å²) in [5.74, 6) is 0.703. The molecule has 3 nitrogen and oxygen atoms in total. The Morgan fingerprint density at radius 1 is 1.11 bits per heavy atom. The molecule has 0 saturated heterocycles. The van der Waals surface area contributed by atoms with E-state index in [1.54, 1.807) is 0 Å². The minimum Gasteiger partial charge on any atom is -0.354 e. The van der Waals surface area contributed by atoms with Crippen molar-refractivity contribution in [2.24, 2.45) is 0 Å². The van der Waals surface area contributed by atoms with Crippen LogP contribution in [0.15, 0.2) is 30.3 Å². The first-order chi connectivity index (χ1) is 8.72. The molecule has 0 aliphatic heterocycles. The maximum Gasteiger partial charge on any atom is 0.223 e. The monoisotopic (exact) mass is 241 g/mol. The van der Waals surface area contributed by atoms with Gasteiger partial charge in [0.2, 0.25) is 5.95 Å². The minimum atomic E-state index is 0.703. The van der Waals surface area contributed by atoms with Gasteiger partial charge in [-0.15, -0.1) is 0 Å². The number of hydrogen-bond acceptors (Lipinski definition) is 3. The van der Waals surface area contributed by atoms with E-state index in [0.717, 1.165) is 29.9 Å². The third kappa shape index (κ3) is 2.86. The van der Waals surface area contributed by atoms with Crippen molar-refractivity contribution in [3.63, 3.8) is 0 Å². The Bertz CT molecular complexity index is 535. The normalized spacial score (nSPS) is 10.4. The van der Waals surface area contributed by atoms with Crippen LogP contribution in [0.1, 0.15) is 25.1 Å². The van der Waals surface area contributed by atoms with E-state index in [1.165, 1.54) is 5.56 Å². The zero-order valence-electron chi connectivity index (χ0n) is 11.2. The zero-order valence-corrected chi connectivity index (χ0v) is 11.2. The van der Waals surface area contributed by atoms with Crippen LogP contribution < -0.4 is 5.32 Å². The van der Waals surface area contributed by atoms with E-state index in [4.69, 9.17) is 0 Å². The molecule has 94 valence electrons. The number of hydrogen-bond donors (Lipinski definition) is 1. The molecule has 0 atom stereocenters.